The van der Waals surface area contributed by atoms with Crippen LogP contribution in [0, 0.1) is 0 Å². The van der Waals surface area contributed by atoms with Gasteiger partial charge >= 0.3 is 0 Å². The molecule has 1 aromatic rings. The summed E-state index contributed by atoms with van der Waals surface area (Å²) < 4.78 is 5.66. The lowest BCUT2D eigenvalue weighted by molar-refractivity contribution is -0.131. The minimum atomic E-state index is 0.232. The number of aryl methyl sites for hydroxylation is 1. The molecule has 2 N–H and O–H groups in total. The number of hydrogen-bond acceptors (Lipinski definition) is 3. The molecule has 0 unspecified atom stereocenters. The van der Waals surface area contributed by atoms with E-state index in [1.54, 1.807) is 0 Å². The first-order chi connectivity index (χ1) is 11.1. The Morgan fingerprint density at radius 3 is 2.39 bits per heavy atom. The first kappa shape index (κ1) is 19.3. The van der Waals surface area contributed by atoms with E-state index in [0.29, 0.717) is 18.7 Å². The second kappa shape index (κ2) is 10.9. The number of rotatable bonds is 11. The Balaban J connectivity index is 2.53. The minimum absolute atomic E-state index is 0.232. The fourth-order valence-electron chi connectivity index (χ4n) is 2.52. The molecule has 0 saturated carbocycles. The average Bonchev–Trinajstić information content (AvgIpc) is 2.54. The highest BCUT2D eigenvalue weighted by atomic mass is 16.5. The lowest BCUT2D eigenvalue weighted by Crippen LogP contribution is -2.32. The number of unbranched alkanes of at least 4 members (excludes halogenated alkanes) is 1. The molecule has 0 heterocycles. The van der Waals surface area contributed by atoms with Gasteiger partial charge in [0, 0.05) is 19.5 Å². The van der Waals surface area contributed by atoms with E-state index in [0.717, 1.165) is 56.5 Å². The second-order valence-electron chi connectivity index (χ2n) is 5.95. The molecule has 0 bridgehead atoms. The van der Waals surface area contributed by atoms with Crippen LogP contribution in [0.15, 0.2) is 18.2 Å². The van der Waals surface area contributed by atoms with E-state index < -0.39 is 0 Å². The zero-order valence-electron chi connectivity index (χ0n) is 14.9. The van der Waals surface area contributed by atoms with E-state index in [1.165, 1.54) is 0 Å². The second-order valence-corrected chi connectivity index (χ2v) is 5.95. The third-order valence-electron chi connectivity index (χ3n) is 3.80. The first-order valence-corrected chi connectivity index (χ1v) is 8.91. The molecular weight excluding hydrogens is 288 g/mol. The van der Waals surface area contributed by atoms with Crippen molar-refractivity contribution in [2.24, 2.45) is 0 Å². The Kier molecular flexibility index (Phi) is 9.18. The lowest BCUT2D eigenvalue weighted by atomic mass is 10.1. The topological polar surface area (TPSA) is 55.6 Å². The van der Waals surface area contributed by atoms with Crippen LogP contribution >= 0.6 is 0 Å². The maximum atomic E-state index is 12.3. The number of ether oxygens (including phenoxy) is 1. The fraction of sp³-hybridized carbons (Fsp3) is 0.632. The molecule has 0 radical (unpaired) electrons. The van der Waals surface area contributed by atoms with Crippen molar-refractivity contribution in [1.82, 2.24) is 4.90 Å². The van der Waals surface area contributed by atoms with Crippen molar-refractivity contribution in [3.63, 3.8) is 0 Å². The van der Waals surface area contributed by atoms with Crippen LogP contribution in [0.1, 0.15) is 58.4 Å². The van der Waals surface area contributed by atoms with E-state index in [2.05, 4.69) is 20.8 Å². The maximum Gasteiger partial charge on any atom is 0.222 e. The van der Waals surface area contributed by atoms with Gasteiger partial charge in [0.05, 0.1) is 12.3 Å². The van der Waals surface area contributed by atoms with Gasteiger partial charge in [-0.3, -0.25) is 4.79 Å². The third-order valence-corrected chi connectivity index (χ3v) is 3.80. The molecule has 1 amide bonds. The van der Waals surface area contributed by atoms with Crippen molar-refractivity contribution in [3.8, 4) is 5.75 Å². The summed E-state index contributed by atoms with van der Waals surface area (Å²) in [6.45, 7) is 8.73. The molecule has 23 heavy (non-hydrogen) atoms. The van der Waals surface area contributed by atoms with E-state index in [4.69, 9.17) is 10.5 Å². The number of nitrogens with zero attached hydrogens (tertiary/aromatic N) is 1. The Morgan fingerprint density at radius 1 is 1.13 bits per heavy atom. The summed E-state index contributed by atoms with van der Waals surface area (Å²) in [4.78, 5) is 14.3. The van der Waals surface area contributed by atoms with Crippen molar-refractivity contribution >= 4 is 11.6 Å². The molecule has 130 valence electrons. The standard InChI is InChI=1S/C19H32N2O2/c1-4-7-14-23-18-10-8-16(15-17(18)20)9-11-19(22)21(12-5-2)13-6-3/h8,10,15H,4-7,9,11-14,20H2,1-3H3. The van der Waals surface area contributed by atoms with Crippen molar-refractivity contribution in [2.45, 2.75) is 59.3 Å². The van der Waals surface area contributed by atoms with Gasteiger partial charge in [0.1, 0.15) is 5.75 Å². The SMILES string of the molecule is CCCCOc1ccc(CCC(=O)N(CCC)CCC)cc1N. The van der Waals surface area contributed by atoms with Gasteiger partial charge in [0.15, 0.2) is 0 Å². The molecule has 0 aliphatic carbocycles. The predicted octanol–water partition coefficient (Wildman–Crippen LogP) is 4.03. The molecule has 4 nitrogen and oxygen atoms in total. The monoisotopic (exact) mass is 320 g/mol. The Labute approximate surface area is 141 Å². The molecule has 1 aromatic carbocycles. The fourth-order valence-corrected chi connectivity index (χ4v) is 2.52. The molecule has 1 rings (SSSR count). The predicted molar refractivity (Wildman–Crippen MR) is 96.7 cm³/mol. The van der Waals surface area contributed by atoms with Gasteiger partial charge in [0.25, 0.3) is 0 Å². The summed E-state index contributed by atoms with van der Waals surface area (Å²) in [5.74, 6) is 0.975. The molecule has 0 aromatic heterocycles. The van der Waals surface area contributed by atoms with Crippen LogP contribution in [0.5, 0.6) is 5.75 Å². The van der Waals surface area contributed by atoms with Gasteiger partial charge in [-0.2, -0.15) is 0 Å². The number of carbonyl (C=O) groups excluding carboxylic acids is 1. The van der Waals surface area contributed by atoms with Crippen LogP contribution in [0.4, 0.5) is 5.69 Å². The van der Waals surface area contributed by atoms with Crippen LogP contribution in [0.3, 0.4) is 0 Å². The van der Waals surface area contributed by atoms with Crippen LogP contribution in [-0.2, 0) is 11.2 Å². The van der Waals surface area contributed by atoms with Gasteiger partial charge in [-0.05, 0) is 43.4 Å². The summed E-state index contributed by atoms with van der Waals surface area (Å²) in [6, 6.07) is 5.86. The molecule has 0 fully saturated rings. The van der Waals surface area contributed by atoms with Crippen molar-refractivity contribution in [3.05, 3.63) is 23.8 Å². The molecule has 0 aliphatic heterocycles. The number of benzene rings is 1. The smallest absolute Gasteiger partial charge is 0.222 e. The van der Waals surface area contributed by atoms with Crippen LogP contribution in [0.2, 0.25) is 0 Å². The quantitative estimate of drug-likeness (QED) is 0.495. The van der Waals surface area contributed by atoms with Crippen LogP contribution in [0.25, 0.3) is 0 Å². The molecule has 0 spiro atoms. The summed E-state index contributed by atoms with van der Waals surface area (Å²) >= 11 is 0. The van der Waals surface area contributed by atoms with Gasteiger partial charge < -0.3 is 15.4 Å². The number of hydrogen-bond donors (Lipinski definition) is 1. The Hall–Kier alpha value is -1.71. The zero-order valence-corrected chi connectivity index (χ0v) is 14.9. The van der Waals surface area contributed by atoms with E-state index in [9.17, 15) is 4.79 Å². The lowest BCUT2D eigenvalue weighted by Gasteiger charge is -2.21. The Bertz CT molecular complexity index is 468. The first-order valence-electron chi connectivity index (χ1n) is 8.91. The highest BCUT2D eigenvalue weighted by molar-refractivity contribution is 5.76. The Morgan fingerprint density at radius 2 is 1.83 bits per heavy atom. The number of anilines is 1. The van der Waals surface area contributed by atoms with Crippen LogP contribution in [-0.4, -0.2) is 30.5 Å². The summed E-state index contributed by atoms with van der Waals surface area (Å²) in [5.41, 5.74) is 7.79. The van der Waals surface area contributed by atoms with Gasteiger partial charge in [-0.15, -0.1) is 0 Å². The highest BCUT2D eigenvalue weighted by Crippen LogP contribution is 2.23. The third kappa shape index (κ3) is 6.93. The normalized spacial score (nSPS) is 10.6. The molecule has 0 saturated heterocycles. The number of amides is 1. The van der Waals surface area contributed by atoms with Gasteiger partial charge in [0.2, 0.25) is 5.91 Å². The molecule has 4 heteroatoms. The van der Waals surface area contributed by atoms with Crippen molar-refractivity contribution in [2.75, 3.05) is 25.4 Å². The average molecular weight is 320 g/mol. The number of carbonyl (C=O) groups is 1. The van der Waals surface area contributed by atoms with E-state index in [-0.39, 0.29) is 5.91 Å². The highest BCUT2D eigenvalue weighted by Gasteiger charge is 2.12. The van der Waals surface area contributed by atoms with E-state index >= 15 is 0 Å². The number of nitrogen functional groups attached to an aromatic ring is 1. The largest absolute Gasteiger partial charge is 0.491 e. The van der Waals surface area contributed by atoms with Crippen molar-refractivity contribution < 1.29 is 9.53 Å². The molecular formula is C19H32N2O2. The maximum absolute atomic E-state index is 12.3. The van der Waals surface area contributed by atoms with Crippen molar-refractivity contribution in [1.29, 1.82) is 0 Å². The number of nitrogens with two attached hydrogens (primary N) is 1. The zero-order chi connectivity index (χ0) is 17.1. The summed E-state index contributed by atoms with van der Waals surface area (Å²) in [6.07, 6.45) is 5.40. The summed E-state index contributed by atoms with van der Waals surface area (Å²) in [7, 11) is 0. The molecule has 0 atom stereocenters. The molecule has 0 aliphatic rings. The van der Waals surface area contributed by atoms with Crippen LogP contribution < -0.4 is 10.5 Å². The van der Waals surface area contributed by atoms with Gasteiger partial charge in [-0.1, -0.05) is 33.3 Å². The van der Waals surface area contributed by atoms with E-state index in [1.807, 2.05) is 23.1 Å². The minimum Gasteiger partial charge on any atom is -0.491 e. The van der Waals surface area contributed by atoms with Gasteiger partial charge in [-0.25, -0.2) is 0 Å². The summed E-state index contributed by atoms with van der Waals surface area (Å²) in [5, 5.41) is 0.